The van der Waals surface area contributed by atoms with E-state index in [9.17, 15) is 9.59 Å². The molecule has 0 spiro atoms. The zero-order valence-corrected chi connectivity index (χ0v) is 20.7. The number of thiophene rings is 1. The molecular formula is C27H32N2O4S. The van der Waals surface area contributed by atoms with Crippen LogP contribution in [-0.4, -0.2) is 52.8 Å². The minimum absolute atomic E-state index is 0.0284. The third kappa shape index (κ3) is 4.57. The summed E-state index contributed by atoms with van der Waals surface area (Å²) in [6.07, 6.45) is 1.87. The van der Waals surface area contributed by atoms with Gasteiger partial charge >= 0.3 is 0 Å². The number of nitrogens with zero attached hydrogens (tertiary/aromatic N) is 2. The summed E-state index contributed by atoms with van der Waals surface area (Å²) in [6, 6.07) is 8.77. The molecule has 1 aliphatic carbocycles. The number of rotatable bonds is 6. The predicted molar refractivity (Wildman–Crippen MR) is 132 cm³/mol. The number of Topliss-reactive ketones (excluding diaryl/α,β-unsaturated/α-hetero) is 1. The van der Waals surface area contributed by atoms with Crippen LogP contribution in [0.2, 0.25) is 0 Å². The highest BCUT2D eigenvalue weighted by molar-refractivity contribution is 7.10. The van der Waals surface area contributed by atoms with Gasteiger partial charge in [0, 0.05) is 47.4 Å². The van der Waals surface area contributed by atoms with E-state index in [-0.39, 0.29) is 17.7 Å². The first kappa shape index (κ1) is 23.3. The maximum Gasteiger partial charge on any atom is 0.255 e. The van der Waals surface area contributed by atoms with E-state index in [1.54, 1.807) is 16.2 Å². The van der Waals surface area contributed by atoms with Crippen LogP contribution in [0.1, 0.15) is 59.5 Å². The van der Waals surface area contributed by atoms with Gasteiger partial charge in [-0.2, -0.15) is 0 Å². The fraction of sp³-hybridized carbons (Fsp3) is 0.481. The molecule has 3 atom stereocenters. The van der Waals surface area contributed by atoms with Crippen molar-refractivity contribution in [2.45, 2.75) is 70.9 Å². The summed E-state index contributed by atoms with van der Waals surface area (Å²) in [5, 5.41) is 1.91. The van der Waals surface area contributed by atoms with Gasteiger partial charge in [-0.3, -0.25) is 14.5 Å². The number of ether oxygens (including phenoxy) is 2. The van der Waals surface area contributed by atoms with Gasteiger partial charge in [0.25, 0.3) is 5.91 Å². The number of carbonyl (C=O) groups is 2. The second-order valence-corrected chi connectivity index (χ2v) is 10.7. The maximum absolute atomic E-state index is 13.0. The number of ketones is 1. The van der Waals surface area contributed by atoms with Crippen molar-refractivity contribution in [2.75, 3.05) is 13.2 Å². The Hall–Kier alpha value is -2.48. The summed E-state index contributed by atoms with van der Waals surface area (Å²) in [4.78, 5) is 30.8. The van der Waals surface area contributed by atoms with Crippen LogP contribution in [0.25, 0.3) is 0 Å². The first-order chi connectivity index (χ1) is 16.4. The molecule has 2 aliphatic heterocycles. The largest absolute Gasteiger partial charge is 0.488 e. The van der Waals surface area contributed by atoms with Crippen LogP contribution in [0.15, 0.2) is 41.8 Å². The molecule has 5 rings (SSSR count). The van der Waals surface area contributed by atoms with Crippen molar-refractivity contribution < 1.29 is 19.1 Å². The van der Waals surface area contributed by atoms with Gasteiger partial charge in [-0.25, -0.2) is 0 Å². The van der Waals surface area contributed by atoms with Crippen LogP contribution in [0.5, 0.6) is 5.75 Å². The summed E-state index contributed by atoms with van der Waals surface area (Å²) in [5.74, 6) is 0.896. The van der Waals surface area contributed by atoms with Gasteiger partial charge in [-0.15, -0.1) is 11.3 Å². The Balaban J connectivity index is 1.20. The summed E-state index contributed by atoms with van der Waals surface area (Å²) in [5.41, 5.74) is 3.96. The van der Waals surface area contributed by atoms with Crippen molar-refractivity contribution >= 4 is 23.0 Å². The lowest BCUT2D eigenvalue weighted by molar-refractivity contribution is -0.124. The molecule has 0 bridgehead atoms. The highest BCUT2D eigenvalue weighted by atomic mass is 32.1. The van der Waals surface area contributed by atoms with E-state index in [2.05, 4.69) is 37.5 Å². The van der Waals surface area contributed by atoms with Crippen molar-refractivity contribution in [1.29, 1.82) is 0 Å². The van der Waals surface area contributed by atoms with Gasteiger partial charge in [0.1, 0.15) is 12.4 Å². The van der Waals surface area contributed by atoms with Crippen molar-refractivity contribution in [1.82, 2.24) is 9.80 Å². The normalized spacial score (nSPS) is 25.6. The molecule has 0 radical (unpaired) electrons. The molecule has 1 aromatic heterocycles. The van der Waals surface area contributed by atoms with E-state index >= 15 is 0 Å². The SMILES string of the molecule is C=C1CC[C@H](N2Cc3c(csc3COc3ccc(CN4C(C)COCC4C)cc3)C2=O)C(=O)C1. The Morgan fingerprint density at radius 2 is 1.88 bits per heavy atom. The third-order valence-corrected chi connectivity index (χ3v) is 8.26. The molecule has 1 saturated heterocycles. The molecule has 180 valence electrons. The fourth-order valence-corrected chi connectivity index (χ4v) is 6.17. The van der Waals surface area contributed by atoms with Crippen LogP contribution in [0, 0.1) is 0 Å². The predicted octanol–water partition coefficient (Wildman–Crippen LogP) is 4.57. The molecule has 2 unspecified atom stereocenters. The molecule has 0 N–H and O–H groups in total. The van der Waals surface area contributed by atoms with Crippen LogP contribution in [0.3, 0.4) is 0 Å². The van der Waals surface area contributed by atoms with E-state index in [0.29, 0.717) is 38.1 Å². The molecule has 34 heavy (non-hydrogen) atoms. The highest BCUT2D eigenvalue weighted by Gasteiger charge is 2.39. The average molecular weight is 481 g/mol. The molecule has 6 nitrogen and oxygen atoms in total. The fourth-order valence-electron chi connectivity index (χ4n) is 5.23. The van der Waals surface area contributed by atoms with Gasteiger partial charge in [-0.1, -0.05) is 24.3 Å². The molecule has 2 fully saturated rings. The van der Waals surface area contributed by atoms with E-state index < -0.39 is 0 Å². The standard InChI is InChI=1S/C27H32N2O4S/c1-17-4-9-24(25(30)10-17)29-12-22-23(27(29)31)16-34-26(22)15-33-21-7-5-20(6-8-21)11-28-18(2)13-32-14-19(28)3/h5-8,16,18-19,24H,1,4,9-15H2,2-3H3/t18?,19?,24-/m0/s1. The number of carbonyl (C=O) groups excluding carboxylic acids is 2. The third-order valence-electron chi connectivity index (χ3n) is 7.25. The van der Waals surface area contributed by atoms with Crippen LogP contribution < -0.4 is 4.74 Å². The van der Waals surface area contributed by atoms with E-state index in [4.69, 9.17) is 9.47 Å². The summed E-state index contributed by atoms with van der Waals surface area (Å²) < 4.78 is 11.7. The zero-order valence-electron chi connectivity index (χ0n) is 19.9. The average Bonchev–Trinajstić information content (AvgIpc) is 3.36. The number of amides is 1. The number of hydrogen-bond acceptors (Lipinski definition) is 6. The van der Waals surface area contributed by atoms with Gasteiger partial charge in [0.05, 0.1) is 24.8 Å². The smallest absolute Gasteiger partial charge is 0.255 e. The summed E-state index contributed by atoms with van der Waals surface area (Å²) in [7, 11) is 0. The van der Waals surface area contributed by atoms with E-state index in [1.807, 2.05) is 17.5 Å². The minimum atomic E-state index is -0.325. The van der Waals surface area contributed by atoms with Gasteiger partial charge in [0.15, 0.2) is 5.78 Å². The molecular weight excluding hydrogens is 448 g/mol. The lowest BCUT2D eigenvalue weighted by Gasteiger charge is -2.38. The Bertz CT molecular complexity index is 1080. The van der Waals surface area contributed by atoms with Crippen LogP contribution in [0.4, 0.5) is 0 Å². The topological polar surface area (TPSA) is 59.1 Å². The van der Waals surface area contributed by atoms with Gasteiger partial charge in [0.2, 0.25) is 0 Å². The maximum atomic E-state index is 13.0. The Morgan fingerprint density at radius 3 is 2.59 bits per heavy atom. The van der Waals surface area contributed by atoms with Crippen molar-refractivity contribution in [3.8, 4) is 5.75 Å². The number of fused-ring (bicyclic) bond motifs is 1. The lowest BCUT2D eigenvalue weighted by atomic mass is 9.90. The molecule has 2 aromatic rings. The Labute approximate surface area is 205 Å². The number of morpholine rings is 1. The second-order valence-electron chi connectivity index (χ2n) is 9.77. The van der Waals surface area contributed by atoms with Crippen molar-refractivity contribution in [3.63, 3.8) is 0 Å². The zero-order chi connectivity index (χ0) is 23.8. The first-order valence-corrected chi connectivity index (χ1v) is 12.9. The number of allylic oxidation sites excluding steroid dienone is 1. The van der Waals surface area contributed by atoms with E-state index in [0.717, 1.165) is 53.5 Å². The van der Waals surface area contributed by atoms with Crippen LogP contribution in [-0.2, 0) is 29.2 Å². The second kappa shape index (κ2) is 9.64. The Morgan fingerprint density at radius 1 is 1.15 bits per heavy atom. The van der Waals surface area contributed by atoms with Crippen molar-refractivity contribution in [2.24, 2.45) is 0 Å². The van der Waals surface area contributed by atoms with Gasteiger partial charge in [-0.05, 0) is 44.4 Å². The summed E-state index contributed by atoms with van der Waals surface area (Å²) >= 11 is 1.56. The van der Waals surface area contributed by atoms with Crippen molar-refractivity contribution in [3.05, 3.63) is 63.4 Å². The molecule has 1 aromatic carbocycles. The number of hydrogen-bond donors (Lipinski definition) is 0. The Kier molecular flexibility index (Phi) is 6.60. The molecule has 7 heteroatoms. The number of benzene rings is 1. The molecule has 3 aliphatic rings. The van der Waals surface area contributed by atoms with Crippen LogP contribution >= 0.6 is 11.3 Å². The minimum Gasteiger partial charge on any atom is -0.488 e. The summed E-state index contributed by atoms with van der Waals surface area (Å²) in [6.45, 7) is 11.7. The quantitative estimate of drug-likeness (QED) is 0.567. The molecule has 1 amide bonds. The van der Waals surface area contributed by atoms with Gasteiger partial charge < -0.3 is 14.4 Å². The lowest BCUT2D eigenvalue weighted by Crippen LogP contribution is -2.48. The molecule has 3 heterocycles. The molecule has 1 saturated carbocycles. The highest BCUT2D eigenvalue weighted by Crippen LogP contribution is 2.36. The van der Waals surface area contributed by atoms with E-state index in [1.165, 1.54) is 5.56 Å². The first-order valence-electron chi connectivity index (χ1n) is 12.1. The monoisotopic (exact) mass is 480 g/mol.